The Labute approximate surface area is 108 Å². The van der Waals surface area contributed by atoms with E-state index in [4.69, 9.17) is 11.6 Å². The molecule has 0 saturated heterocycles. The third-order valence-corrected chi connectivity index (χ3v) is 2.86. The lowest BCUT2D eigenvalue weighted by Crippen LogP contribution is -1.92. The van der Waals surface area contributed by atoms with Gasteiger partial charge < -0.3 is 0 Å². The van der Waals surface area contributed by atoms with Crippen LogP contribution in [0.5, 0.6) is 0 Å². The molecular weight excluding hydrogens is 232 g/mol. The smallest absolute Gasteiger partial charge is 0.155 e. The van der Waals surface area contributed by atoms with Gasteiger partial charge in [-0.1, -0.05) is 56.0 Å². The molecule has 0 fully saturated rings. The van der Waals surface area contributed by atoms with Crippen molar-refractivity contribution >= 4 is 23.5 Å². The van der Waals surface area contributed by atoms with Crippen molar-refractivity contribution in [2.24, 2.45) is 0 Å². The first kappa shape index (κ1) is 14.0. The monoisotopic (exact) mass is 250 g/mol. The van der Waals surface area contributed by atoms with Gasteiger partial charge in [0.2, 0.25) is 0 Å². The maximum absolute atomic E-state index is 11.5. The molecule has 0 aliphatic heterocycles. The summed E-state index contributed by atoms with van der Waals surface area (Å²) in [7, 11) is 0. The van der Waals surface area contributed by atoms with E-state index in [-0.39, 0.29) is 5.78 Å². The Hall–Kier alpha value is -1.08. The number of hydrogen-bond acceptors (Lipinski definition) is 1. The van der Waals surface area contributed by atoms with Gasteiger partial charge in [0, 0.05) is 11.4 Å². The van der Waals surface area contributed by atoms with Crippen LogP contribution in [0.4, 0.5) is 0 Å². The minimum absolute atomic E-state index is 0.205. The summed E-state index contributed by atoms with van der Waals surface area (Å²) in [5.74, 6) is 0.205. The predicted molar refractivity (Wildman–Crippen MR) is 74.3 cm³/mol. The van der Waals surface area contributed by atoms with Crippen LogP contribution in [0.2, 0.25) is 5.02 Å². The van der Waals surface area contributed by atoms with E-state index in [1.165, 1.54) is 12.8 Å². The topological polar surface area (TPSA) is 17.1 Å². The van der Waals surface area contributed by atoms with Crippen LogP contribution in [0.25, 0.3) is 6.08 Å². The highest BCUT2D eigenvalue weighted by Crippen LogP contribution is 2.11. The Morgan fingerprint density at radius 2 is 1.88 bits per heavy atom. The number of carbonyl (C=O) groups is 1. The lowest BCUT2D eigenvalue weighted by Gasteiger charge is -1.96. The molecule has 0 radical (unpaired) electrons. The summed E-state index contributed by atoms with van der Waals surface area (Å²) in [5.41, 5.74) is 1.01. The fraction of sp³-hybridized carbons (Fsp3) is 0.400. The lowest BCUT2D eigenvalue weighted by molar-refractivity contribution is -0.114. The molecule has 1 nitrogen and oxygen atoms in total. The molecule has 0 aliphatic rings. The standard InChI is InChI=1S/C15H19ClO/c1-2-3-4-5-6-15(17)12-9-13-7-10-14(16)11-8-13/h7-12H,2-6H2,1H3/b12-9+. The number of rotatable bonds is 7. The summed E-state index contributed by atoms with van der Waals surface area (Å²) in [4.78, 5) is 11.5. The average molecular weight is 251 g/mol. The maximum atomic E-state index is 11.5. The minimum atomic E-state index is 0.205. The van der Waals surface area contributed by atoms with Crippen LogP contribution in [0.15, 0.2) is 30.3 Å². The first-order valence-electron chi connectivity index (χ1n) is 6.19. The van der Waals surface area contributed by atoms with Gasteiger partial charge in [-0.15, -0.1) is 0 Å². The first-order chi connectivity index (χ1) is 8.22. The molecule has 2 heteroatoms. The first-order valence-corrected chi connectivity index (χ1v) is 6.56. The molecule has 0 spiro atoms. The van der Waals surface area contributed by atoms with Gasteiger partial charge in [-0.25, -0.2) is 0 Å². The van der Waals surface area contributed by atoms with Crippen molar-refractivity contribution in [3.8, 4) is 0 Å². The summed E-state index contributed by atoms with van der Waals surface area (Å²) in [6.07, 6.45) is 8.73. The summed E-state index contributed by atoms with van der Waals surface area (Å²) in [6, 6.07) is 7.46. The highest BCUT2D eigenvalue weighted by atomic mass is 35.5. The molecule has 0 unspecified atom stereocenters. The molecule has 0 saturated carbocycles. The lowest BCUT2D eigenvalue weighted by atomic mass is 10.1. The average Bonchev–Trinajstić information content (AvgIpc) is 2.34. The van der Waals surface area contributed by atoms with Crippen LogP contribution in [-0.2, 0) is 4.79 Å². The number of hydrogen-bond donors (Lipinski definition) is 0. The summed E-state index contributed by atoms with van der Waals surface area (Å²) >= 11 is 5.78. The van der Waals surface area contributed by atoms with Crippen molar-refractivity contribution < 1.29 is 4.79 Å². The second-order valence-electron chi connectivity index (χ2n) is 4.16. The van der Waals surface area contributed by atoms with Crippen LogP contribution >= 0.6 is 11.6 Å². The summed E-state index contributed by atoms with van der Waals surface area (Å²) in [5, 5.41) is 0.716. The van der Waals surface area contributed by atoms with E-state index in [9.17, 15) is 4.79 Å². The van der Waals surface area contributed by atoms with Gasteiger partial charge in [0.25, 0.3) is 0 Å². The van der Waals surface area contributed by atoms with E-state index in [0.29, 0.717) is 11.4 Å². The zero-order valence-electron chi connectivity index (χ0n) is 10.3. The molecule has 0 aliphatic carbocycles. The van der Waals surface area contributed by atoms with Crippen molar-refractivity contribution in [3.05, 3.63) is 40.9 Å². The van der Waals surface area contributed by atoms with Crippen molar-refractivity contribution in [3.63, 3.8) is 0 Å². The number of halogens is 1. The van der Waals surface area contributed by atoms with Gasteiger partial charge >= 0.3 is 0 Å². The summed E-state index contributed by atoms with van der Waals surface area (Å²) < 4.78 is 0. The van der Waals surface area contributed by atoms with Gasteiger partial charge in [-0.05, 0) is 30.2 Å². The molecular formula is C15H19ClO. The van der Waals surface area contributed by atoms with Crippen molar-refractivity contribution in [2.75, 3.05) is 0 Å². The van der Waals surface area contributed by atoms with Crippen LogP contribution < -0.4 is 0 Å². The third-order valence-electron chi connectivity index (χ3n) is 2.61. The quantitative estimate of drug-likeness (QED) is 0.497. The zero-order chi connectivity index (χ0) is 12.5. The highest BCUT2D eigenvalue weighted by Gasteiger charge is 1.96. The molecule has 0 aromatic heterocycles. The Bertz CT molecular complexity index is 365. The summed E-state index contributed by atoms with van der Waals surface area (Å²) in [6.45, 7) is 2.17. The number of carbonyl (C=O) groups excluding carboxylic acids is 1. The second-order valence-corrected chi connectivity index (χ2v) is 4.60. The molecule has 0 bridgehead atoms. The molecule has 1 aromatic rings. The third kappa shape index (κ3) is 6.28. The Kier molecular flexibility index (Phi) is 6.64. The van der Waals surface area contributed by atoms with E-state index in [1.54, 1.807) is 6.08 Å². The number of allylic oxidation sites excluding steroid dienone is 1. The Morgan fingerprint density at radius 3 is 2.53 bits per heavy atom. The van der Waals surface area contributed by atoms with E-state index >= 15 is 0 Å². The molecule has 17 heavy (non-hydrogen) atoms. The van der Waals surface area contributed by atoms with Crippen molar-refractivity contribution in [1.29, 1.82) is 0 Å². The number of ketones is 1. The normalized spacial score (nSPS) is 10.9. The molecule has 92 valence electrons. The van der Waals surface area contributed by atoms with Gasteiger partial charge in [0.15, 0.2) is 5.78 Å². The van der Waals surface area contributed by atoms with Crippen LogP contribution in [-0.4, -0.2) is 5.78 Å². The van der Waals surface area contributed by atoms with Crippen molar-refractivity contribution in [2.45, 2.75) is 39.0 Å². The van der Waals surface area contributed by atoms with Crippen molar-refractivity contribution in [1.82, 2.24) is 0 Å². The van der Waals surface area contributed by atoms with Gasteiger partial charge in [-0.3, -0.25) is 4.79 Å². The molecule has 0 atom stereocenters. The van der Waals surface area contributed by atoms with E-state index in [0.717, 1.165) is 18.4 Å². The molecule has 0 heterocycles. The predicted octanol–water partition coefficient (Wildman–Crippen LogP) is 4.89. The fourth-order valence-corrected chi connectivity index (χ4v) is 1.70. The fourth-order valence-electron chi connectivity index (χ4n) is 1.57. The highest BCUT2D eigenvalue weighted by molar-refractivity contribution is 6.30. The Morgan fingerprint density at radius 1 is 1.18 bits per heavy atom. The van der Waals surface area contributed by atoms with E-state index in [2.05, 4.69) is 6.92 Å². The molecule has 0 N–H and O–H groups in total. The van der Waals surface area contributed by atoms with E-state index < -0.39 is 0 Å². The second kappa shape index (κ2) is 8.08. The largest absolute Gasteiger partial charge is 0.295 e. The van der Waals surface area contributed by atoms with Gasteiger partial charge in [-0.2, -0.15) is 0 Å². The Balaban J connectivity index is 2.32. The van der Waals surface area contributed by atoms with Crippen LogP contribution in [0.3, 0.4) is 0 Å². The number of unbranched alkanes of at least 4 members (excludes halogenated alkanes) is 3. The SMILES string of the molecule is CCCCCCC(=O)/C=C/c1ccc(Cl)cc1. The number of benzene rings is 1. The molecule has 1 rings (SSSR count). The molecule has 0 amide bonds. The maximum Gasteiger partial charge on any atom is 0.155 e. The zero-order valence-corrected chi connectivity index (χ0v) is 11.0. The van der Waals surface area contributed by atoms with Crippen LogP contribution in [0, 0.1) is 0 Å². The van der Waals surface area contributed by atoms with Gasteiger partial charge in [0.1, 0.15) is 0 Å². The minimum Gasteiger partial charge on any atom is -0.295 e. The van der Waals surface area contributed by atoms with E-state index in [1.807, 2.05) is 30.3 Å². The van der Waals surface area contributed by atoms with Crippen LogP contribution in [0.1, 0.15) is 44.6 Å². The molecule has 1 aromatic carbocycles. The van der Waals surface area contributed by atoms with Gasteiger partial charge in [0.05, 0.1) is 0 Å².